The first-order valence-corrected chi connectivity index (χ1v) is 5.56. The fraction of sp³-hybridized carbons (Fsp3) is 0.250. The van der Waals surface area contributed by atoms with E-state index in [4.69, 9.17) is 0 Å². The number of hydrogen-bond donors (Lipinski definition) is 0. The van der Waals surface area contributed by atoms with Crippen molar-refractivity contribution >= 4 is 33.1 Å². The van der Waals surface area contributed by atoms with E-state index in [0.717, 1.165) is 38.5 Å². The number of aldehydes is 1. The Morgan fingerprint density at radius 3 is 2.60 bits per heavy atom. The van der Waals surface area contributed by atoms with E-state index in [0.29, 0.717) is 0 Å². The maximum absolute atomic E-state index is 11.0. The smallest absolute Gasteiger partial charge is 0.152 e. The highest BCUT2D eigenvalue weighted by Gasteiger charge is 2.13. The third-order valence-electron chi connectivity index (χ3n) is 2.84. The molecule has 78 valence electrons. The third kappa shape index (κ3) is 1.42. The summed E-state index contributed by atoms with van der Waals surface area (Å²) in [5.74, 6) is 0. The van der Waals surface area contributed by atoms with Gasteiger partial charge in [-0.15, -0.1) is 0 Å². The van der Waals surface area contributed by atoms with Crippen LogP contribution in [0.4, 0.5) is 0 Å². The van der Waals surface area contributed by atoms with Crippen LogP contribution >= 0.6 is 15.9 Å². The first kappa shape index (κ1) is 10.4. The number of carbonyl (C=O) groups is 1. The van der Waals surface area contributed by atoms with Gasteiger partial charge in [0.05, 0.1) is 5.52 Å². The van der Waals surface area contributed by atoms with Crippen molar-refractivity contribution in [2.24, 2.45) is 7.05 Å². The lowest BCUT2D eigenvalue weighted by molar-refractivity contribution is 0.112. The number of fused-ring (bicyclic) bond motifs is 1. The number of hydrogen-bond acceptors (Lipinski definition) is 1. The zero-order valence-corrected chi connectivity index (χ0v) is 10.6. The van der Waals surface area contributed by atoms with Crippen molar-refractivity contribution < 1.29 is 4.79 Å². The summed E-state index contributed by atoms with van der Waals surface area (Å²) >= 11 is 3.54. The van der Waals surface area contributed by atoms with Gasteiger partial charge in [-0.05, 0) is 47.5 Å². The lowest BCUT2D eigenvalue weighted by Crippen LogP contribution is -1.91. The Kier molecular flexibility index (Phi) is 2.43. The molecule has 2 aromatic rings. The monoisotopic (exact) mass is 265 g/mol. The molecule has 0 spiro atoms. The maximum atomic E-state index is 11.0. The summed E-state index contributed by atoms with van der Waals surface area (Å²) in [6, 6.07) is 4.12. The highest BCUT2D eigenvalue weighted by Crippen LogP contribution is 2.30. The summed E-state index contributed by atoms with van der Waals surface area (Å²) in [7, 11) is 1.98. The minimum atomic E-state index is 0.789. The molecular formula is C12H12BrNO. The number of halogens is 1. The molecule has 3 heteroatoms. The van der Waals surface area contributed by atoms with Crippen LogP contribution in [-0.2, 0) is 7.05 Å². The van der Waals surface area contributed by atoms with Crippen LogP contribution in [0, 0.1) is 13.8 Å². The largest absolute Gasteiger partial charge is 0.346 e. The molecule has 0 N–H and O–H groups in total. The van der Waals surface area contributed by atoms with E-state index in [2.05, 4.69) is 28.1 Å². The second-order valence-corrected chi connectivity index (χ2v) is 4.67. The molecule has 0 fully saturated rings. The predicted molar refractivity (Wildman–Crippen MR) is 65.5 cm³/mol. The molecule has 1 aromatic heterocycles. The van der Waals surface area contributed by atoms with Gasteiger partial charge < -0.3 is 4.57 Å². The molecule has 0 saturated heterocycles. The highest BCUT2D eigenvalue weighted by molar-refractivity contribution is 9.10. The van der Waals surface area contributed by atoms with Gasteiger partial charge in [-0.3, -0.25) is 4.79 Å². The number of aromatic nitrogens is 1. The molecule has 0 saturated carbocycles. The normalized spacial score (nSPS) is 10.9. The van der Waals surface area contributed by atoms with Crippen LogP contribution in [0.1, 0.15) is 21.6 Å². The Labute approximate surface area is 97.0 Å². The molecule has 1 aromatic carbocycles. The lowest BCUT2D eigenvalue weighted by Gasteiger charge is -2.02. The number of benzene rings is 1. The topological polar surface area (TPSA) is 22.0 Å². The van der Waals surface area contributed by atoms with Gasteiger partial charge >= 0.3 is 0 Å². The van der Waals surface area contributed by atoms with Gasteiger partial charge in [0, 0.05) is 28.2 Å². The zero-order valence-electron chi connectivity index (χ0n) is 8.97. The van der Waals surface area contributed by atoms with Crippen molar-refractivity contribution in [1.29, 1.82) is 0 Å². The van der Waals surface area contributed by atoms with E-state index in [1.807, 2.05) is 25.5 Å². The molecule has 0 unspecified atom stereocenters. The Hall–Kier alpha value is -1.09. The van der Waals surface area contributed by atoms with Crippen molar-refractivity contribution in [3.05, 3.63) is 33.4 Å². The van der Waals surface area contributed by atoms with Crippen LogP contribution in [-0.4, -0.2) is 10.9 Å². The summed E-state index contributed by atoms with van der Waals surface area (Å²) in [6.07, 6.45) is 0.934. The average molecular weight is 266 g/mol. The Morgan fingerprint density at radius 1 is 1.33 bits per heavy atom. The second kappa shape index (κ2) is 3.49. The molecular weight excluding hydrogens is 254 g/mol. The van der Waals surface area contributed by atoms with Gasteiger partial charge in [-0.2, -0.15) is 0 Å². The molecule has 0 aliphatic heterocycles. The van der Waals surface area contributed by atoms with E-state index in [-0.39, 0.29) is 0 Å². The number of nitrogens with zero attached hydrogens (tertiary/aromatic N) is 1. The van der Waals surface area contributed by atoms with Crippen LogP contribution in [0.25, 0.3) is 10.9 Å². The van der Waals surface area contributed by atoms with Gasteiger partial charge in [0.2, 0.25) is 0 Å². The molecule has 0 aliphatic carbocycles. The quantitative estimate of drug-likeness (QED) is 0.725. The van der Waals surface area contributed by atoms with Crippen LogP contribution in [0.3, 0.4) is 0 Å². The van der Waals surface area contributed by atoms with E-state index < -0.39 is 0 Å². The van der Waals surface area contributed by atoms with Crippen molar-refractivity contribution in [3.8, 4) is 0 Å². The van der Waals surface area contributed by atoms with E-state index in [1.54, 1.807) is 0 Å². The van der Waals surface area contributed by atoms with Gasteiger partial charge in [0.1, 0.15) is 0 Å². The minimum absolute atomic E-state index is 0.789. The van der Waals surface area contributed by atoms with E-state index in [9.17, 15) is 4.79 Å². The van der Waals surface area contributed by atoms with E-state index >= 15 is 0 Å². The number of carbonyl (C=O) groups excluding carboxylic acids is 1. The third-order valence-corrected chi connectivity index (χ3v) is 3.45. The molecule has 0 atom stereocenters. The Balaban J connectivity index is 3.03. The van der Waals surface area contributed by atoms with Gasteiger partial charge in [-0.1, -0.05) is 0 Å². The van der Waals surface area contributed by atoms with Crippen LogP contribution in [0.5, 0.6) is 0 Å². The highest BCUT2D eigenvalue weighted by atomic mass is 79.9. The molecule has 0 bridgehead atoms. The molecule has 0 radical (unpaired) electrons. The first-order chi connectivity index (χ1) is 7.06. The van der Waals surface area contributed by atoms with Crippen LogP contribution in [0.15, 0.2) is 16.6 Å². The Bertz CT molecular complexity index is 554. The van der Waals surface area contributed by atoms with Crippen molar-refractivity contribution in [2.75, 3.05) is 0 Å². The van der Waals surface area contributed by atoms with Crippen LogP contribution < -0.4 is 0 Å². The summed E-state index contributed by atoms with van der Waals surface area (Å²) in [4.78, 5) is 11.0. The SMILES string of the molecule is Cc1cc(Br)c2c(c1)c(C=O)c(C)n2C. The average Bonchev–Trinajstić information content (AvgIpc) is 2.39. The van der Waals surface area contributed by atoms with Crippen LogP contribution in [0.2, 0.25) is 0 Å². The number of rotatable bonds is 1. The maximum Gasteiger partial charge on any atom is 0.152 e. The van der Waals surface area contributed by atoms with Gasteiger partial charge in [-0.25, -0.2) is 0 Å². The van der Waals surface area contributed by atoms with E-state index in [1.165, 1.54) is 0 Å². The standard InChI is InChI=1S/C12H12BrNO/c1-7-4-9-10(6-15)8(2)14(3)12(9)11(13)5-7/h4-6H,1-3H3. The molecule has 0 aliphatic rings. The summed E-state index contributed by atoms with van der Waals surface area (Å²) in [5.41, 5.74) is 4.03. The fourth-order valence-electron chi connectivity index (χ4n) is 1.97. The van der Waals surface area contributed by atoms with Crippen molar-refractivity contribution in [1.82, 2.24) is 4.57 Å². The molecule has 15 heavy (non-hydrogen) atoms. The minimum Gasteiger partial charge on any atom is -0.346 e. The summed E-state index contributed by atoms with van der Waals surface area (Å²) in [6.45, 7) is 3.99. The lowest BCUT2D eigenvalue weighted by atomic mass is 10.1. The number of aryl methyl sites for hydroxylation is 2. The van der Waals surface area contributed by atoms with Gasteiger partial charge in [0.15, 0.2) is 6.29 Å². The predicted octanol–water partition coefficient (Wildman–Crippen LogP) is 3.37. The fourth-order valence-corrected chi connectivity index (χ4v) is 2.81. The van der Waals surface area contributed by atoms with Crippen molar-refractivity contribution in [3.63, 3.8) is 0 Å². The second-order valence-electron chi connectivity index (χ2n) is 3.82. The zero-order chi connectivity index (χ0) is 11.2. The van der Waals surface area contributed by atoms with Gasteiger partial charge in [0.25, 0.3) is 0 Å². The first-order valence-electron chi connectivity index (χ1n) is 4.76. The summed E-state index contributed by atoms with van der Waals surface area (Å²) < 4.78 is 3.08. The molecule has 2 nitrogen and oxygen atoms in total. The van der Waals surface area contributed by atoms with Crippen molar-refractivity contribution in [2.45, 2.75) is 13.8 Å². The Morgan fingerprint density at radius 2 is 2.00 bits per heavy atom. The molecule has 1 heterocycles. The molecule has 2 rings (SSSR count). The summed E-state index contributed by atoms with van der Waals surface area (Å²) in [5, 5.41) is 1.02. The molecule has 0 amide bonds.